The number of carbonyl (C=O) groups is 3. The van der Waals surface area contributed by atoms with E-state index >= 15 is 4.39 Å². The molecule has 6 rings (SSSR count). The molecular formula is C27H35FN6O5. The minimum absolute atomic E-state index is 0.0303. The lowest BCUT2D eigenvalue weighted by Crippen LogP contribution is -2.51. The van der Waals surface area contributed by atoms with Gasteiger partial charge in [-0.3, -0.25) is 24.5 Å². The highest BCUT2D eigenvalue weighted by molar-refractivity contribution is 6.09. The van der Waals surface area contributed by atoms with Crippen LogP contribution in [-0.2, 0) is 21.4 Å². The third kappa shape index (κ3) is 4.84. The van der Waals surface area contributed by atoms with Crippen molar-refractivity contribution in [1.29, 1.82) is 0 Å². The minimum atomic E-state index is -1.12. The molecule has 4 aliphatic heterocycles. The molecule has 1 aromatic heterocycles. The molecule has 0 radical (unpaired) electrons. The molecule has 4 fully saturated rings. The van der Waals surface area contributed by atoms with Crippen molar-refractivity contribution in [1.82, 2.24) is 20.0 Å². The summed E-state index contributed by atoms with van der Waals surface area (Å²) in [6.07, 6.45) is 4.78. The van der Waals surface area contributed by atoms with E-state index in [1.807, 2.05) is 9.80 Å². The number of piperidine rings is 2. The summed E-state index contributed by atoms with van der Waals surface area (Å²) in [5, 5.41) is 18.4. The first kappa shape index (κ1) is 26.0. The van der Waals surface area contributed by atoms with Gasteiger partial charge in [0.15, 0.2) is 5.82 Å². The number of rotatable bonds is 4. The Morgan fingerprint density at radius 3 is 2.51 bits per heavy atom. The first-order chi connectivity index (χ1) is 18.7. The predicted octanol–water partition coefficient (Wildman–Crippen LogP) is 2.05. The molecule has 0 unspecified atom stereocenters. The number of halogens is 1. The third-order valence-corrected chi connectivity index (χ3v) is 8.94. The predicted molar refractivity (Wildman–Crippen MR) is 141 cm³/mol. The van der Waals surface area contributed by atoms with Crippen LogP contribution in [0.25, 0.3) is 10.9 Å². The summed E-state index contributed by atoms with van der Waals surface area (Å²) in [4.78, 5) is 42.0. The van der Waals surface area contributed by atoms with E-state index in [2.05, 4.69) is 10.4 Å². The number of benzene rings is 1. The van der Waals surface area contributed by atoms with E-state index in [4.69, 9.17) is 4.74 Å². The van der Waals surface area contributed by atoms with E-state index < -0.39 is 17.4 Å². The largest absolute Gasteiger partial charge is 0.389 e. The molecule has 1 spiro atoms. The topological polar surface area (TPSA) is 120 Å². The van der Waals surface area contributed by atoms with Gasteiger partial charge in [-0.05, 0) is 50.7 Å². The van der Waals surface area contributed by atoms with Gasteiger partial charge in [0.2, 0.25) is 11.8 Å². The number of nitrogens with zero attached hydrogens (tertiary/aromatic N) is 5. The number of likely N-dealkylation sites (tertiary alicyclic amines) is 1. The van der Waals surface area contributed by atoms with E-state index in [1.165, 1.54) is 11.0 Å². The standard InChI is InChI=1S/C27H35FN6O5/c1-31-20-16-21(19(28)15-18(20)24(30-31)34-9-3-22(35)29-25(34)37)32-10-5-26(38,6-11-32)17-23(36)33-12-7-27(8-13-33)4-2-14-39-27/h15-16,38H,2-14,17H2,1H3,(H,29,35,37). The van der Waals surface area contributed by atoms with Gasteiger partial charge in [-0.2, -0.15) is 5.10 Å². The molecule has 0 saturated carbocycles. The first-order valence-corrected chi connectivity index (χ1v) is 13.8. The number of fused-ring (bicyclic) bond motifs is 1. The van der Waals surface area contributed by atoms with Crippen molar-refractivity contribution in [2.45, 2.75) is 62.6 Å². The molecule has 0 aliphatic carbocycles. The van der Waals surface area contributed by atoms with Crippen LogP contribution in [0.1, 0.15) is 51.4 Å². The summed E-state index contributed by atoms with van der Waals surface area (Å²) >= 11 is 0. The van der Waals surface area contributed by atoms with Gasteiger partial charge in [0.25, 0.3) is 0 Å². The molecule has 5 heterocycles. The molecule has 12 heteroatoms. The van der Waals surface area contributed by atoms with Gasteiger partial charge in [0.1, 0.15) is 5.82 Å². The molecular weight excluding hydrogens is 507 g/mol. The Kier molecular flexibility index (Phi) is 6.49. The molecule has 2 aromatic rings. The van der Waals surface area contributed by atoms with Crippen LogP contribution in [0.3, 0.4) is 0 Å². The fourth-order valence-electron chi connectivity index (χ4n) is 6.50. The number of ether oxygens (including phenoxy) is 1. The SMILES string of the molecule is Cn1nc(N2CCC(=O)NC2=O)c2cc(F)c(N3CCC(O)(CC(=O)N4CCC5(CCCO5)CC4)CC3)cc21. The van der Waals surface area contributed by atoms with Crippen LogP contribution in [0, 0.1) is 5.82 Å². The third-order valence-electron chi connectivity index (χ3n) is 8.94. The van der Waals surface area contributed by atoms with E-state index in [1.54, 1.807) is 17.8 Å². The van der Waals surface area contributed by atoms with Gasteiger partial charge in [0.05, 0.1) is 28.8 Å². The highest BCUT2D eigenvalue weighted by atomic mass is 19.1. The second kappa shape index (κ2) is 9.74. The van der Waals surface area contributed by atoms with Gasteiger partial charge >= 0.3 is 6.03 Å². The number of aryl methyl sites for hydroxylation is 1. The number of anilines is 2. The molecule has 0 atom stereocenters. The monoisotopic (exact) mass is 542 g/mol. The minimum Gasteiger partial charge on any atom is -0.389 e. The number of nitrogens with one attached hydrogen (secondary N) is 1. The van der Waals surface area contributed by atoms with Crippen molar-refractivity contribution in [3.8, 4) is 0 Å². The van der Waals surface area contributed by atoms with Crippen molar-refractivity contribution in [2.24, 2.45) is 7.05 Å². The summed E-state index contributed by atoms with van der Waals surface area (Å²) in [6, 6.07) is 2.51. The van der Waals surface area contributed by atoms with Crippen molar-refractivity contribution < 1.29 is 28.6 Å². The number of hydrogen-bond acceptors (Lipinski definition) is 7. The lowest BCUT2D eigenvalue weighted by atomic mass is 9.85. The first-order valence-electron chi connectivity index (χ1n) is 13.8. The summed E-state index contributed by atoms with van der Waals surface area (Å²) in [5.74, 6) is -0.530. The van der Waals surface area contributed by atoms with Gasteiger partial charge in [-0.15, -0.1) is 0 Å². The molecule has 4 saturated heterocycles. The second-order valence-electron chi connectivity index (χ2n) is 11.4. The normalized spacial score (nSPS) is 23.1. The number of carbonyl (C=O) groups excluding carboxylic acids is 3. The Labute approximate surface area is 225 Å². The summed E-state index contributed by atoms with van der Waals surface area (Å²) in [6.45, 7) is 3.12. The van der Waals surface area contributed by atoms with Crippen LogP contribution in [0.5, 0.6) is 0 Å². The average Bonchev–Trinajstić information content (AvgIpc) is 3.48. The van der Waals surface area contributed by atoms with Crippen LogP contribution in [0.15, 0.2) is 12.1 Å². The maximum atomic E-state index is 15.4. The number of aliphatic hydroxyl groups is 1. The molecule has 39 heavy (non-hydrogen) atoms. The highest BCUT2D eigenvalue weighted by Crippen LogP contribution is 2.38. The smallest absolute Gasteiger partial charge is 0.329 e. The lowest BCUT2D eigenvalue weighted by molar-refractivity contribution is -0.142. The molecule has 1 aromatic carbocycles. The summed E-state index contributed by atoms with van der Waals surface area (Å²) in [7, 11) is 1.72. The van der Waals surface area contributed by atoms with Crippen LogP contribution in [0.2, 0.25) is 0 Å². The fourth-order valence-corrected chi connectivity index (χ4v) is 6.50. The lowest BCUT2D eigenvalue weighted by Gasteiger charge is -2.42. The van der Waals surface area contributed by atoms with E-state index in [0.717, 1.165) is 32.3 Å². The Hall–Kier alpha value is -3.25. The zero-order chi connectivity index (χ0) is 27.4. The maximum Gasteiger partial charge on any atom is 0.329 e. The zero-order valence-electron chi connectivity index (χ0n) is 22.2. The molecule has 4 amide bonds. The van der Waals surface area contributed by atoms with E-state index in [-0.39, 0.29) is 36.8 Å². The zero-order valence-corrected chi connectivity index (χ0v) is 22.2. The van der Waals surface area contributed by atoms with Gasteiger partial charge < -0.3 is 19.6 Å². The number of aromatic nitrogens is 2. The van der Waals surface area contributed by atoms with Crippen molar-refractivity contribution in [3.05, 3.63) is 17.9 Å². The van der Waals surface area contributed by atoms with Gasteiger partial charge in [-0.25, -0.2) is 9.18 Å². The molecule has 210 valence electrons. The number of imide groups is 1. The van der Waals surface area contributed by atoms with Crippen molar-refractivity contribution in [3.63, 3.8) is 0 Å². The molecule has 2 N–H and O–H groups in total. The van der Waals surface area contributed by atoms with Crippen LogP contribution in [0.4, 0.5) is 20.7 Å². The maximum absolute atomic E-state index is 15.4. The van der Waals surface area contributed by atoms with Crippen LogP contribution < -0.4 is 15.1 Å². The van der Waals surface area contributed by atoms with Crippen molar-refractivity contribution in [2.75, 3.05) is 49.1 Å². The molecule has 0 bridgehead atoms. The Morgan fingerprint density at radius 2 is 1.85 bits per heavy atom. The van der Waals surface area contributed by atoms with Gasteiger partial charge in [-0.1, -0.05) is 0 Å². The van der Waals surface area contributed by atoms with E-state index in [9.17, 15) is 19.5 Å². The Balaban J connectivity index is 1.11. The number of urea groups is 1. The number of amides is 4. The molecule has 11 nitrogen and oxygen atoms in total. The second-order valence-corrected chi connectivity index (χ2v) is 11.4. The Bertz CT molecular complexity index is 1300. The number of hydrogen-bond donors (Lipinski definition) is 2. The fraction of sp³-hybridized carbons (Fsp3) is 0.630. The van der Waals surface area contributed by atoms with E-state index in [0.29, 0.717) is 61.4 Å². The van der Waals surface area contributed by atoms with Crippen LogP contribution in [-0.4, -0.2) is 88.2 Å². The van der Waals surface area contributed by atoms with Crippen LogP contribution >= 0.6 is 0 Å². The molecule has 4 aliphatic rings. The van der Waals surface area contributed by atoms with Gasteiger partial charge in [0, 0.05) is 58.2 Å². The quantitative estimate of drug-likeness (QED) is 0.607. The Morgan fingerprint density at radius 1 is 1.10 bits per heavy atom. The summed E-state index contributed by atoms with van der Waals surface area (Å²) < 4.78 is 23.0. The van der Waals surface area contributed by atoms with Crippen molar-refractivity contribution >= 4 is 40.3 Å². The summed E-state index contributed by atoms with van der Waals surface area (Å²) in [5.41, 5.74) is -0.137. The average molecular weight is 543 g/mol. The highest BCUT2D eigenvalue weighted by Gasteiger charge is 2.41.